The van der Waals surface area contributed by atoms with Crippen LogP contribution in [0, 0.1) is 5.92 Å². The molecule has 0 aromatic carbocycles. The Kier molecular flexibility index (Phi) is 6.30. The highest BCUT2D eigenvalue weighted by Gasteiger charge is 2.07. The van der Waals surface area contributed by atoms with Crippen molar-refractivity contribution in [2.45, 2.75) is 39.8 Å². The maximum atomic E-state index is 5.58. The monoisotopic (exact) mass is 238 g/mol. The molecule has 1 heterocycles. The van der Waals surface area contributed by atoms with Crippen molar-refractivity contribution in [1.82, 2.24) is 9.88 Å². The van der Waals surface area contributed by atoms with E-state index in [9.17, 15) is 0 Å². The average molecular weight is 238 g/mol. The van der Waals surface area contributed by atoms with Gasteiger partial charge in [0.2, 0.25) is 0 Å². The smallest absolute Gasteiger partial charge is 0.0645 e. The van der Waals surface area contributed by atoms with Crippen LogP contribution in [0.4, 0.5) is 0 Å². The van der Waals surface area contributed by atoms with Gasteiger partial charge >= 0.3 is 0 Å². The third kappa shape index (κ3) is 4.92. The highest BCUT2D eigenvalue weighted by molar-refractivity contribution is 5.15. The summed E-state index contributed by atoms with van der Waals surface area (Å²) >= 11 is 0. The molecule has 0 aliphatic heterocycles. The van der Waals surface area contributed by atoms with Crippen LogP contribution < -0.4 is 5.32 Å². The number of nitrogens with zero attached hydrogens (tertiary/aromatic N) is 1. The fraction of sp³-hybridized carbons (Fsp3) is 0.714. The first-order valence-electron chi connectivity index (χ1n) is 6.58. The number of aromatic nitrogens is 1. The van der Waals surface area contributed by atoms with E-state index in [1.807, 2.05) is 7.05 Å². The van der Waals surface area contributed by atoms with E-state index in [0.29, 0.717) is 12.0 Å². The van der Waals surface area contributed by atoms with Gasteiger partial charge in [0.05, 0.1) is 6.61 Å². The van der Waals surface area contributed by atoms with E-state index in [1.165, 1.54) is 5.56 Å². The highest BCUT2D eigenvalue weighted by Crippen LogP contribution is 2.16. The molecule has 0 fully saturated rings. The zero-order chi connectivity index (χ0) is 12.7. The zero-order valence-corrected chi connectivity index (χ0v) is 11.6. The molecule has 0 saturated carbocycles. The van der Waals surface area contributed by atoms with Gasteiger partial charge in [-0.15, -0.1) is 0 Å². The van der Waals surface area contributed by atoms with Crippen molar-refractivity contribution < 1.29 is 4.74 Å². The van der Waals surface area contributed by atoms with Crippen molar-refractivity contribution in [1.29, 1.82) is 0 Å². The predicted octanol–water partition coefficient (Wildman–Crippen LogP) is 2.83. The number of hydrogen-bond donors (Lipinski definition) is 1. The van der Waals surface area contributed by atoms with E-state index in [1.54, 1.807) is 0 Å². The second-order valence-electron chi connectivity index (χ2n) is 4.90. The standard InChI is InChI=1S/C14H26N2O/c1-5-14(15-4)13-6-7-16(10-13)8-9-17-11-12(2)3/h6-7,10,12,14-15H,5,8-9,11H2,1-4H3. The quantitative estimate of drug-likeness (QED) is 0.705. The van der Waals surface area contributed by atoms with Crippen LogP contribution in [0.1, 0.15) is 38.8 Å². The summed E-state index contributed by atoms with van der Waals surface area (Å²) < 4.78 is 7.79. The first-order chi connectivity index (χ1) is 8.17. The zero-order valence-electron chi connectivity index (χ0n) is 11.6. The van der Waals surface area contributed by atoms with Gasteiger partial charge in [-0.05, 0) is 31.0 Å². The summed E-state index contributed by atoms with van der Waals surface area (Å²) in [4.78, 5) is 0. The number of rotatable bonds is 8. The molecule has 1 rings (SSSR count). The maximum Gasteiger partial charge on any atom is 0.0645 e. The lowest BCUT2D eigenvalue weighted by Gasteiger charge is -2.11. The molecule has 1 aromatic heterocycles. The van der Waals surface area contributed by atoms with E-state index in [2.05, 4.69) is 49.1 Å². The van der Waals surface area contributed by atoms with E-state index < -0.39 is 0 Å². The van der Waals surface area contributed by atoms with Gasteiger partial charge in [0.15, 0.2) is 0 Å². The normalized spacial score (nSPS) is 13.2. The van der Waals surface area contributed by atoms with E-state index >= 15 is 0 Å². The van der Waals surface area contributed by atoms with Crippen molar-refractivity contribution in [2.75, 3.05) is 20.3 Å². The Bertz CT molecular complexity index is 303. The van der Waals surface area contributed by atoms with Gasteiger partial charge in [0, 0.05) is 31.6 Å². The molecule has 1 aromatic rings. The third-order valence-corrected chi connectivity index (χ3v) is 2.88. The Morgan fingerprint density at radius 1 is 1.41 bits per heavy atom. The van der Waals surface area contributed by atoms with Gasteiger partial charge in [0.1, 0.15) is 0 Å². The van der Waals surface area contributed by atoms with Crippen LogP contribution >= 0.6 is 0 Å². The van der Waals surface area contributed by atoms with Crippen LogP contribution in [0.25, 0.3) is 0 Å². The molecule has 1 N–H and O–H groups in total. The van der Waals surface area contributed by atoms with Crippen LogP contribution in [0.15, 0.2) is 18.5 Å². The Morgan fingerprint density at radius 3 is 2.76 bits per heavy atom. The summed E-state index contributed by atoms with van der Waals surface area (Å²) in [6.45, 7) is 9.13. The molecule has 0 saturated heterocycles. The second kappa shape index (κ2) is 7.51. The van der Waals surface area contributed by atoms with Gasteiger partial charge < -0.3 is 14.6 Å². The summed E-state index contributed by atoms with van der Waals surface area (Å²) in [5, 5.41) is 3.32. The van der Waals surface area contributed by atoms with Crippen LogP contribution in [-0.2, 0) is 11.3 Å². The molecule has 0 amide bonds. The number of hydrogen-bond acceptors (Lipinski definition) is 2. The van der Waals surface area contributed by atoms with E-state index in [4.69, 9.17) is 4.74 Å². The molecule has 3 nitrogen and oxygen atoms in total. The van der Waals surface area contributed by atoms with Gasteiger partial charge in [-0.3, -0.25) is 0 Å². The SMILES string of the molecule is CCC(NC)c1ccn(CCOCC(C)C)c1. The first kappa shape index (κ1) is 14.3. The highest BCUT2D eigenvalue weighted by atomic mass is 16.5. The number of nitrogens with one attached hydrogen (secondary N) is 1. The predicted molar refractivity (Wildman–Crippen MR) is 72.2 cm³/mol. The minimum atomic E-state index is 0.466. The Labute approximate surface area is 105 Å². The van der Waals surface area contributed by atoms with Crippen molar-refractivity contribution in [3.63, 3.8) is 0 Å². The molecule has 1 atom stereocenters. The Balaban J connectivity index is 2.35. The fourth-order valence-corrected chi connectivity index (χ4v) is 1.90. The summed E-state index contributed by atoms with van der Waals surface area (Å²) in [7, 11) is 2.01. The summed E-state index contributed by atoms with van der Waals surface area (Å²) in [5.41, 5.74) is 1.36. The molecular formula is C14H26N2O. The molecule has 1 unspecified atom stereocenters. The first-order valence-corrected chi connectivity index (χ1v) is 6.58. The molecule has 3 heteroatoms. The molecule has 0 aliphatic carbocycles. The van der Waals surface area contributed by atoms with Crippen molar-refractivity contribution in [2.24, 2.45) is 5.92 Å². The maximum absolute atomic E-state index is 5.58. The molecule has 17 heavy (non-hydrogen) atoms. The van der Waals surface area contributed by atoms with Crippen LogP contribution in [-0.4, -0.2) is 24.8 Å². The van der Waals surface area contributed by atoms with E-state index in [0.717, 1.165) is 26.2 Å². The molecule has 0 radical (unpaired) electrons. The van der Waals surface area contributed by atoms with Crippen LogP contribution in [0.5, 0.6) is 0 Å². The Hall–Kier alpha value is -0.800. The van der Waals surface area contributed by atoms with Gasteiger partial charge in [-0.25, -0.2) is 0 Å². The fourth-order valence-electron chi connectivity index (χ4n) is 1.90. The average Bonchev–Trinajstić information content (AvgIpc) is 2.75. The topological polar surface area (TPSA) is 26.2 Å². The lowest BCUT2D eigenvalue weighted by molar-refractivity contribution is 0.103. The molecule has 0 bridgehead atoms. The largest absolute Gasteiger partial charge is 0.379 e. The molecule has 98 valence electrons. The van der Waals surface area contributed by atoms with Gasteiger partial charge in [-0.1, -0.05) is 20.8 Å². The van der Waals surface area contributed by atoms with Crippen molar-refractivity contribution in [3.05, 3.63) is 24.0 Å². The summed E-state index contributed by atoms with van der Waals surface area (Å²) in [6.07, 6.45) is 5.46. The Morgan fingerprint density at radius 2 is 2.18 bits per heavy atom. The minimum Gasteiger partial charge on any atom is -0.379 e. The van der Waals surface area contributed by atoms with Crippen LogP contribution in [0.2, 0.25) is 0 Å². The number of ether oxygens (including phenoxy) is 1. The lowest BCUT2D eigenvalue weighted by Crippen LogP contribution is -2.14. The summed E-state index contributed by atoms with van der Waals surface area (Å²) in [5.74, 6) is 0.615. The summed E-state index contributed by atoms with van der Waals surface area (Å²) in [6, 6.07) is 2.65. The molecular weight excluding hydrogens is 212 g/mol. The van der Waals surface area contributed by atoms with Gasteiger partial charge in [0.25, 0.3) is 0 Å². The van der Waals surface area contributed by atoms with Crippen molar-refractivity contribution >= 4 is 0 Å². The minimum absolute atomic E-state index is 0.466. The van der Waals surface area contributed by atoms with E-state index in [-0.39, 0.29) is 0 Å². The molecule has 0 aliphatic rings. The second-order valence-corrected chi connectivity index (χ2v) is 4.90. The lowest BCUT2D eigenvalue weighted by atomic mass is 10.1. The molecule has 0 spiro atoms. The van der Waals surface area contributed by atoms with Gasteiger partial charge in [-0.2, -0.15) is 0 Å². The van der Waals surface area contributed by atoms with Crippen molar-refractivity contribution in [3.8, 4) is 0 Å². The van der Waals surface area contributed by atoms with Crippen LogP contribution in [0.3, 0.4) is 0 Å². The third-order valence-electron chi connectivity index (χ3n) is 2.88.